The summed E-state index contributed by atoms with van der Waals surface area (Å²) in [6.07, 6.45) is 7.05. The molecule has 1 aliphatic heterocycles. The first-order valence-electron chi connectivity index (χ1n) is 9.53. The van der Waals surface area contributed by atoms with Gasteiger partial charge in [-0.3, -0.25) is 14.5 Å². The van der Waals surface area contributed by atoms with Crippen LogP contribution in [0, 0.1) is 12.8 Å². The van der Waals surface area contributed by atoms with Crippen molar-refractivity contribution in [1.29, 1.82) is 0 Å². The van der Waals surface area contributed by atoms with E-state index in [1.165, 1.54) is 18.4 Å². The fraction of sp³-hybridized carbons (Fsp3) is 0.550. The van der Waals surface area contributed by atoms with Crippen LogP contribution in [0.25, 0.3) is 0 Å². The molecule has 0 unspecified atom stereocenters. The lowest BCUT2D eigenvalue weighted by Crippen LogP contribution is -2.43. The largest absolute Gasteiger partial charge is 0.379 e. The Kier molecular flexibility index (Phi) is 4.76. The molecule has 2 aromatic heterocycles. The van der Waals surface area contributed by atoms with E-state index >= 15 is 0 Å². The average Bonchev–Trinajstić information content (AvgIpc) is 3.38. The fourth-order valence-corrected chi connectivity index (χ4v) is 3.65. The lowest BCUT2D eigenvalue weighted by Gasteiger charge is -2.36. The highest BCUT2D eigenvalue weighted by molar-refractivity contribution is 5.94. The van der Waals surface area contributed by atoms with E-state index in [0.717, 1.165) is 30.3 Å². The molecule has 1 saturated carbocycles. The van der Waals surface area contributed by atoms with Gasteiger partial charge in [0.25, 0.3) is 5.91 Å². The maximum atomic E-state index is 13.2. The van der Waals surface area contributed by atoms with Gasteiger partial charge in [0, 0.05) is 31.6 Å². The van der Waals surface area contributed by atoms with Crippen LogP contribution in [-0.4, -0.2) is 45.3 Å². The molecule has 2 aromatic rings. The van der Waals surface area contributed by atoms with Crippen LogP contribution in [0.3, 0.4) is 0 Å². The highest BCUT2D eigenvalue weighted by atomic mass is 16.5. The first kappa shape index (κ1) is 17.2. The van der Waals surface area contributed by atoms with Crippen LogP contribution in [-0.2, 0) is 17.7 Å². The molecule has 26 heavy (non-hydrogen) atoms. The normalized spacial score (nSPS) is 19.5. The van der Waals surface area contributed by atoms with Gasteiger partial charge in [-0.15, -0.1) is 0 Å². The molecule has 1 fully saturated rings. The van der Waals surface area contributed by atoms with Crippen molar-refractivity contribution in [2.45, 2.75) is 45.7 Å². The molecule has 3 heterocycles. The fourth-order valence-electron chi connectivity index (χ4n) is 3.65. The van der Waals surface area contributed by atoms with Crippen LogP contribution in [0.4, 0.5) is 0 Å². The summed E-state index contributed by atoms with van der Waals surface area (Å²) in [5, 5.41) is 4.63. The third kappa shape index (κ3) is 3.38. The summed E-state index contributed by atoms with van der Waals surface area (Å²) in [7, 11) is 0. The molecule has 138 valence electrons. The Morgan fingerprint density at radius 3 is 2.85 bits per heavy atom. The zero-order chi connectivity index (χ0) is 18.1. The van der Waals surface area contributed by atoms with Gasteiger partial charge in [0.05, 0.1) is 30.1 Å². The summed E-state index contributed by atoms with van der Waals surface area (Å²) in [4.78, 5) is 19.4. The second-order valence-electron chi connectivity index (χ2n) is 7.29. The van der Waals surface area contributed by atoms with E-state index in [4.69, 9.17) is 4.74 Å². The summed E-state index contributed by atoms with van der Waals surface area (Å²) in [6, 6.07) is 3.66. The number of carbonyl (C=O) groups excluding carboxylic acids is 1. The number of aryl methyl sites for hydroxylation is 1. The number of amides is 1. The standard InChI is InChI=1S/C20H26N4O2/c1-3-26-13-18-19-16(11-22-24(19)12-15-5-6-15)8-9-23(18)20(25)17-7-4-14(2)21-10-17/h4,7,10-11,15,18H,3,5-6,8-9,12-13H2,1-2H3/t18-/m0/s1. The second kappa shape index (κ2) is 7.19. The molecule has 1 amide bonds. The van der Waals surface area contributed by atoms with Gasteiger partial charge in [0.15, 0.2) is 0 Å². The van der Waals surface area contributed by atoms with Crippen molar-refractivity contribution in [3.05, 3.63) is 47.0 Å². The van der Waals surface area contributed by atoms with Gasteiger partial charge in [-0.05, 0) is 56.7 Å². The predicted molar refractivity (Wildman–Crippen MR) is 97.9 cm³/mol. The summed E-state index contributed by atoms with van der Waals surface area (Å²) in [5.74, 6) is 0.756. The number of fused-ring (bicyclic) bond motifs is 1. The molecule has 0 spiro atoms. The number of ether oxygens (including phenoxy) is 1. The zero-order valence-corrected chi connectivity index (χ0v) is 15.5. The van der Waals surface area contributed by atoms with Crippen LogP contribution < -0.4 is 0 Å². The maximum Gasteiger partial charge on any atom is 0.256 e. The number of hydrogen-bond acceptors (Lipinski definition) is 4. The molecule has 6 heteroatoms. The quantitative estimate of drug-likeness (QED) is 0.800. The summed E-state index contributed by atoms with van der Waals surface area (Å²) in [6.45, 7) is 6.69. The van der Waals surface area contributed by atoms with Crippen molar-refractivity contribution < 1.29 is 9.53 Å². The molecule has 0 bridgehead atoms. The lowest BCUT2D eigenvalue weighted by atomic mass is 9.99. The average molecular weight is 354 g/mol. The second-order valence-corrected chi connectivity index (χ2v) is 7.29. The van der Waals surface area contributed by atoms with E-state index in [1.54, 1.807) is 6.20 Å². The Morgan fingerprint density at radius 1 is 1.31 bits per heavy atom. The summed E-state index contributed by atoms with van der Waals surface area (Å²) < 4.78 is 7.87. The molecule has 2 aliphatic rings. The highest BCUT2D eigenvalue weighted by Gasteiger charge is 2.36. The third-order valence-electron chi connectivity index (χ3n) is 5.30. The first-order valence-corrected chi connectivity index (χ1v) is 9.53. The maximum absolute atomic E-state index is 13.2. The Hall–Kier alpha value is -2.21. The Balaban J connectivity index is 1.64. The number of rotatable bonds is 6. The zero-order valence-electron chi connectivity index (χ0n) is 15.5. The van der Waals surface area contributed by atoms with Crippen LogP contribution in [0.5, 0.6) is 0 Å². The molecular formula is C20H26N4O2. The minimum atomic E-state index is -0.0891. The van der Waals surface area contributed by atoms with Gasteiger partial charge < -0.3 is 9.64 Å². The number of nitrogens with zero attached hydrogens (tertiary/aromatic N) is 4. The topological polar surface area (TPSA) is 60.2 Å². The molecule has 0 saturated heterocycles. The van der Waals surface area contributed by atoms with Crippen molar-refractivity contribution in [2.75, 3.05) is 19.8 Å². The van der Waals surface area contributed by atoms with Gasteiger partial charge >= 0.3 is 0 Å². The van der Waals surface area contributed by atoms with E-state index in [2.05, 4.69) is 14.8 Å². The Morgan fingerprint density at radius 2 is 2.15 bits per heavy atom. The molecule has 0 radical (unpaired) electrons. The molecule has 0 N–H and O–H groups in total. The lowest BCUT2D eigenvalue weighted by molar-refractivity contribution is 0.0397. The Labute approximate surface area is 154 Å². The molecule has 1 atom stereocenters. The van der Waals surface area contributed by atoms with Gasteiger partial charge in [0.1, 0.15) is 0 Å². The number of carbonyl (C=O) groups is 1. The van der Waals surface area contributed by atoms with Crippen LogP contribution in [0.15, 0.2) is 24.5 Å². The minimum absolute atomic E-state index is 0.0204. The first-order chi connectivity index (χ1) is 12.7. The van der Waals surface area contributed by atoms with Crippen LogP contribution >= 0.6 is 0 Å². The smallest absolute Gasteiger partial charge is 0.256 e. The third-order valence-corrected chi connectivity index (χ3v) is 5.30. The minimum Gasteiger partial charge on any atom is -0.379 e. The predicted octanol–water partition coefficient (Wildman–Crippen LogP) is 2.77. The van der Waals surface area contributed by atoms with Crippen molar-refractivity contribution in [2.24, 2.45) is 5.92 Å². The van der Waals surface area contributed by atoms with Crippen LogP contribution in [0.1, 0.15) is 53.1 Å². The molecule has 1 aliphatic carbocycles. The van der Waals surface area contributed by atoms with Gasteiger partial charge in [-0.1, -0.05) is 0 Å². The monoisotopic (exact) mass is 354 g/mol. The number of aromatic nitrogens is 3. The highest BCUT2D eigenvalue weighted by Crippen LogP contribution is 2.35. The van der Waals surface area contributed by atoms with E-state index in [1.807, 2.05) is 37.1 Å². The van der Waals surface area contributed by atoms with E-state index < -0.39 is 0 Å². The molecular weight excluding hydrogens is 328 g/mol. The van der Waals surface area contributed by atoms with E-state index in [0.29, 0.717) is 25.3 Å². The Bertz CT molecular complexity index is 780. The van der Waals surface area contributed by atoms with Crippen LogP contribution in [0.2, 0.25) is 0 Å². The van der Waals surface area contributed by atoms with E-state index in [-0.39, 0.29) is 11.9 Å². The van der Waals surface area contributed by atoms with E-state index in [9.17, 15) is 4.79 Å². The molecule has 0 aromatic carbocycles. The molecule has 6 nitrogen and oxygen atoms in total. The van der Waals surface area contributed by atoms with Gasteiger partial charge in [-0.25, -0.2) is 0 Å². The van der Waals surface area contributed by atoms with Crippen molar-refractivity contribution in [3.63, 3.8) is 0 Å². The van der Waals surface area contributed by atoms with Crippen molar-refractivity contribution in [1.82, 2.24) is 19.7 Å². The number of hydrogen-bond donors (Lipinski definition) is 0. The van der Waals surface area contributed by atoms with Crippen molar-refractivity contribution >= 4 is 5.91 Å². The molecule has 4 rings (SSSR count). The van der Waals surface area contributed by atoms with Gasteiger partial charge in [-0.2, -0.15) is 5.10 Å². The SMILES string of the molecule is CCOC[C@H]1c2c(cnn2CC2CC2)CCN1C(=O)c1ccc(C)nc1. The van der Waals surface area contributed by atoms with Gasteiger partial charge in [0.2, 0.25) is 0 Å². The summed E-state index contributed by atoms with van der Waals surface area (Å²) >= 11 is 0. The number of pyridine rings is 1. The van der Waals surface area contributed by atoms with Crippen molar-refractivity contribution in [3.8, 4) is 0 Å². The summed E-state index contributed by atoms with van der Waals surface area (Å²) in [5.41, 5.74) is 3.95.